The maximum absolute atomic E-state index is 14.0. The Kier molecular flexibility index (Phi) is 10.1. The highest BCUT2D eigenvalue weighted by Crippen LogP contribution is 2.52. The van der Waals surface area contributed by atoms with Crippen molar-refractivity contribution in [2.75, 3.05) is 45.3 Å². The molecule has 3 atom stereocenters. The molecule has 11 heteroatoms. The molecule has 276 valence electrons. The molecule has 0 saturated carbocycles. The van der Waals surface area contributed by atoms with E-state index in [4.69, 9.17) is 23.7 Å². The van der Waals surface area contributed by atoms with Gasteiger partial charge >= 0.3 is 6.09 Å². The Bertz CT molecular complexity index is 2140. The zero-order chi connectivity index (χ0) is 37.9. The first-order chi connectivity index (χ1) is 26.3. The summed E-state index contributed by atoms with van der Waals surface area (Å²) in [6.45, 7) is 1.70. The summed E-state index contributed by atoms with van der Waals surface area (Å²) in [5.41, 5.74) is 6.94. The van der Waals surface area contributed by atoms with E-state index in [0.29, 0.717) is 34.4 Å². The smallest absolute Gasteiger partial charge is 0.407 e. The fraction of sp³-hybridized carbons (Fsp3) is 0.233. The molecule has 0 unspecified atom stereocenters. The molecule has 0 aromatic heterocycles. The summed E-state index contributed by atoms with van der Waals surface area (Å²) in [6.07, 6.45) is -0.708. The van der Waals surface area contributed by atoms with E-state index in [1.165, 1.54) is 28.4 Å². The molecule has 54 heavy (non-hydrogen) atoms. The van der Waals surface area contributed by atoms with Crippen LogP contribution in [0.1, 0.15) is 47.1 Å². The maximum atomic E-state index is 14.0. The molecule has 5 aromatic carbocycles. The number of carbonyl (C=O) groups excluding carboxylic acids is 3. The van der Waals surface area contributed by atoms with E-state index in [-0.39, 0.29) is 18.4 Å². The van der Waals surface area contributed by atoms with Crippen LogP contribution in [0.25, 0.3) is 11.1 Å². The van der Waals surface area contributed by atoms with E-state index in [9.17, 15) is 14.4 Å². The van der Waals surface area contributed by atoms with Crippen LogP contribution in [-0.4, -0.2) is 59.0 Å². The lowest BCUT2D eigenvalue weighted by atomic mass is 9.77. The Morgan fingerprint density at radius 3 is 1.89 bits per heavy atom. The minimum Gasteiger partial charge on any atom is -0.495 e. The van der Waals surface area contributed by atoms with Gasteiger partial charge in [-0.2, -0.15) is 0 Å². The van der Waals surface area contributed by atoms with Gasteiger partial charge in [0.15, 0.2) is 11.5 Å². The number of fused-ring (bicyclic) bond motifs is 3. The third kappa shape index (κ3) is 6.53. The van der Waals surface area contributed by atoms with Crippen molar-refractivity contribution in [3.63, 3.8) is 0 Å². The molecule has 1 aliphatic carbocycles. The SMILES string of the molecule is COc1ccc([C@H]2[C@H](c3ccccc3)C(=O)N2c2cc(OC)c(OC)c(OC)c2)cc1NC(=O)[C@H](C)NC(=O)OCC1c2ccccc2-c2ccccc21. The number of hydrogen-bond donors (Lipinski definition) is 2. The molecule has 1 aliphatic heterocycles. The molecule has 1 saturated heterocycles. The molecule has 3 amide bonds. The average Bonchev–Trinajstić information content (AvgIpc) is 3.52. The molecule has 1 fully saturated rings. The summed E-state index contributed by atoms with van der Waals surface area (Å²) in [6, 6.07) is 33.1. The monoisotopic (exact) mass is 727 g/mol. The van der Waals surface area contributed by atoms with Crippen LogP contribution in [0.2, 0.25) is 0 Å². The van der Waals surface area contributed by atoms with Gasteiger partial charge in [-0.1, -0.05) is 84.9 Å². The van der Waals surface area contributed by atoms with Crippen molar-refractivity contribution in [1.82, 2.24) is 5.32 Å². The van der Waals surface area contributed by atoms with Crippen LogP contribution in [0.15, 0.2) is 109 Å². The van der Waals surface area contributed by atoms with Gasteiger partial charge in [0, 0.05) is 18.1 Å². The van der Waals surface area contributed by atoms with Gasteiger partial charge in [-0.15, -0.1) is 0 Å². The zero-order valence-electron chi connectivity index (χ0n) is 30.6. The quantitative estimate of drug-likeness (QED) is 0.127. The molecule has 0 spiro atoms. The van der Waals surface area contributed by atoms with Crippen LogP contribution >= 0.6 is 0 Å². The third-order valence-electron chi connectivity index (χ3n) is 10.1. The van der Waals surface area contributed by atoms with Crippen molar-refractivity contribution >= 4 is 29.3 Å². The normalized spacial score (nSPS) is 16.3. The summed E-state index contributed by atoms with van der Waals surface area (Å²) in [5.74, 6) is 0.384. The second-order valence-electron chi connectivity index (χ2n) is 13.1. The number of alkyl carbamates (subject to hydrolysis) is 1. The Labute approximate surface area is 313 Å². The summed E-state index contributed by atoms with van der Waals surface area (Å²) >= 11 is 0. The number of anilines is 2. The number of benzene rings is 5. The molecule has 5 aromatic rings. The first-order valence-corrected chi connectivity index (χ1v) is 17.6. The maximum Gasteiger partial charge on any atom is 0.407 e. The summed E-state index contributed by atoms with van der Waals surface area (Å²) in [7, 11) is 6.06. The molecule has 0 bridgehead atoms. The van der Waals surface area contributed by atoms with Crippen molar-refractivity contribution in [1.29, 1.82) is 0 Å². The summed E-state index contributed by atoms with van der Waals surface area (Å²) in [4.78, 5) is 42.2. The van der Waals surface area contributed by atoms with E-state index in [0.717, 1.165) is 33.4 Å². The van der Waals surface area contributed by atoms with Crippen LogP contribution in [0.4, 0.5) is 16.2 Å². The van der Waals surface area contributed by atoms with Gasteiger partial charge in [-0.05, 0) is 52.4 Å². The van der Waals surface area contributed by atoms with Crippen molar-refractivity contribution in [2.24, 2.45) is 0 Å². The number of ether oxygens (including phenoxy) is 5. The largest absolute Gasteiger partial charge is 0.495 e. The van der Waals surface area contributed by atoms with Crippen LogP contribution < -0.4 is 34.5 Å². The van der Waals surface area contributed by atoms with Gasteiger partial charge in [-0.3, -0.25) is 9.59 Å². The lowest BCUT2D eigenvalue weighted by Gasteiger charge is -2.48. The summed E-state index contributed by atoms with van der Waals surface area (Å²) in [5, 5.41) is 5.57. The van der Waals surface area contributed by atoms with Crippen molar-refractivity contribution in [2.45, 2.75) is 30.8 Å². The average molecular weight is 728 g/mol. The highest BCUT2D eigenvalue weighted by Gasteiger charge is 2.50. The number of carbonyl (C=O) groups is 3. The summed E-state index contributed by atoms with van der Waals surface area (Å²) < 4.78 is 28.0. The number of rotatable bonds is 12. The number of hydrogen-bond acceptors (Lipinski definition) is 8. The highest BCUT2D eigenvalue weighted by atomic mass is 16.5. The minimum absolute atomic E-state index is 0.114. The molecule has 0 radical (unpaired) electrons. The number of nitrogens with one attached hydrogen (secondary N) is 2. The first kappa shape index (κ1) is 35.9. The Balaban J connectivity index is 1.10. The zero-order valence-corrected chi connectivity index (χ0v) is 30.6. The highest BCUT2D eigenvalue weighted by molar-refractivity contribution is 6.07. The Hall–Kier alpha value is -6.49. The topological polar surface area (TPSA) is 125 Å². The van der Waals surface area contributed by atoms with Crippen LogP contribution in [0, 0.1) is 0 Å². The Morgan fingerprint density at radius 2 is 1.30 bits per heavy atom. The number of methoxy groups -OCH3 is 4. The predicted octanol–water partition coefficient (Wildman–Crippen LogP) is 7.46. The fourth-order valence-corrected chi connectivity index (χ4v) is 7.44. The van der Waals surface area contributed by atoms with Crippen LogP contribution in [0.3, 0.4) is 0 Å². The molecule has 7 rings (SSSR count). The molecule has 1 heterocycles. The second-order valence-corrected chi connectivity index (χ2v) is 13.1. The minimum atomic E-state index is -0.952. The predicted molar refractivity (Wildman–Crippen MR) is 205 cm³/mol. The van der Waals surface area contributed by atoms with Gasteiger partial charge in [0.1, 0.15) is 18.4 Å². The lowest BCUT2D eigenvalue weighted by molar-refractivity contribution is -0.126. The number of amides is 3. The standard InChI is InChI=1S/C43H41N3O8/c1-25(44-43(49)54-24-33-31-17-11-9-15-29(31)30-16-10-12-18-32(30)33)41(47)45-34-21-27(19-20-35(34)50-2)39-38(26-13-7-6-8-14-26)42(48)46(39)28-22-36(51-3)40(53-5)37(23-28)52-4/h6-23,25,33,38-39H,24H2,1-5H3,(H,44,49)(H,45,47)/t25-,38-,39-/m0/s1. The van der Waals surface area contributed by atoms with E-state index in [1.807, 2.05) is 72.8 Å². The van der Waals surface area contributed by atoms with Crippen molar-refractivity contribution in [3.8, 4) is 34.1 Å². The van der Waals surface area contributed by atoms with E-state index >= 15 is 0 Å². The van der Waals surface area contributed by atoms with Gasteiger partial charge in [0.25, 0.3) is 0 Å². The molecule has 11 nitrogen and oxygen atoms in total. The number of nitrogens with zero attached hydrogens (tertiary/aromatic N) is 1. The van der Waals surface area contributed by atoms with E-state index in [1.54, 1.807) is 36.1 Å². The lowest BCUT2D eigenvalue weighted by Crippen LogP contribution is -2.53. The van der Waals surface area contributed by atoms with Gasteiger partial charge < -0.3 is 39.2 Å². The molecular formula is C43H41N3O8. The fourth-order valence-electron chi connectivity index (χ4n) is 7.44. The van der Waals surface area contributed by atoms with Crippen LogP contribution in [0.5, 0.6) is 23.0 Å². The molecular weight excluding hydrogens is 686 g/mol. The number of β-lactam (4-membered cyclic amide) rings is 1. The van der Waals surface area contributed by atoms with Gasteiger partial charge in [0.2, 0.25) is 17.6 Å². The first-order valence-electron chi connectivity index (χ1n) is 17.6. The van der Waals surface area contributed by atoms with Gasteiger partial charge in [0.05, 0.1) is 51.8 Å². The third-order valence-corrected chi connectivity index (χ3v) is 10.1. The second kappa shape index (κ2) is 15.2. The van der Waals surface area contributed by atoms with Gasteiger partial charge in [-0.25, -0.2) is 4.79 Å². The van der Waals surface area contributed by atoms with E-state index in [2.05, 4.69) is 22.8 Å². The Morgan fingerprint density at radius 1 is 0.704 bits per heavy atom. The van der Waals surface area contributed by atoms with E-state index < -0.39 is 30.0 Å². The molecule has 2 N–H and O–H groups in total. The molecule has 2 aliphatic rings. The van der Waals surface area contributed by atoms with Crippen molar-refractivity contribution in [3.05, 3.63) is 131 Å². The van der Waals surface area contributed by atoms with Crippen LogP contribution in [-0.2, 0) is 14.3 Å². The van der Waals surface area contributed by atoms with Crippen molar-refractivity contribution < 1.29 is 38.1 Å².